The molecule has 1 aliphatic rings. The van der Waals surface area contributed by atoms with Gasteiger partial charge in [0.05, 0.1) is 6.61 Å². The lowest BCUT2D eigenvalue weighted by Gasteiger charge is -2.23. The van der Waals surface area contributed by atoms with Crippen LogP contribution in [0.5, 0.6) is 5.75 Å². The maximum atomic E-state index is 12.3. The van der Waals surface area contributed by atoms with Crippen molar-refractivity contribution in [3.05, 3.63) is 29.8 Å². The first-order valence-corrected chi connectivity index (χ1v) is 6.50. The molecule has 1 fully saturated rings. The van der Waals surface area contributed by atoms with Crippen molar-refractivity contribution in [1.82, 2.24) is 4.90 Å². The zero-order valence-corrected chi connectivity index (χ0v) is 12.0. The summed E-state index contributed by atoms with van der Waals surface area (Å²) in [5.41, 5.74) is 6.40. The number of hydrogen-bond acceptors (Lipinski definition) is 3. The monoisotopic (exact) mass is 284 g/mol. The SMILES string of the molecule is CCOc1ccc(C(=O)N2CCCC2CN)cc1.Cl. The van der Waals surface area contributed by atoms with Gasteiger partial charge in [0, 0.05) is 24.7 Å². The number of halogens is 1. The molecule has 0 saturated carbocycles. The predicted molar refractivity (Wildman–Crippen MR) is 78.0 cm³/mol. The van der Waals surface area contributed by atoms with Crippen molar-refractivity contribution in [2.45, 2.75) is 25.8 Å². The second-order valence-electron chi connectivity index (χ2n) is 4.49. The number of carbonyl (C=O) groups is 1. The molecule has 0 spiro atoms. The minimum absolute atomic E-state index is 0. The molecular formula is C14H21ClN2O2. The number of hydrogen-bond donors (Lipinski definition) is 1. The second kappa shape index (κ2) is 7.36. The van der Waals surface area contributed by atoms with E-state index in [4.69, 9.17) is 10.5 Å². The third kappa shape index (κ3) is 3.61. The van der Waals surface area contributed by atoms with E-state index in [1.165, 1.54) is 0 Å². The van der Waals surface area contributed by atoms with Gasteiger partial charge in [-0.25, -0.2) is 0 Å². The van der Waals surface area contributed by atoms with Crippen molar-refractivity contribution >= 4 is 18.3 Å². The van der Waals surface area contributed by atoms with Crippen molar-refractivity contribution < 1.29 is 9.53 Å². The number of carbonyl (C=O) groups excluding carboxylic acids is 1. The Bertz CT molecular complexity index is 408. The van der Waals surface area contributed by atoms with Crippen LogP contribution in [0, 0.1) is 0 Å². The molecule has 1 atom stereocenters. The van der Waals surface area contributed by atoms with E-state index in [9.17, 15) is 4.79 Å². The van der Waals surface area contributed by atoms with Crippen LogP contribution in [0.25, 0.3) is 0 Å². The second-order valence-corrected chi connectivity index (χ2v) is 4.49. The zero-order chi connectivity index (χ0) is 13.0. The summed E-state index contributed by atoms with van der Waals surface area (Å²) >= 11 is 0. The summed E-state index contributed by atoms with van der Waals surface area (Å²) in [6, 6.07) is 7.51. The average Bonchev–Trinajstić information content (AvgIpc) is 2.87. The van der Waals surface area contributed by atoms with Gasteiger partial charge in [-0.15, -0.1) is 12.4 Å². The molecule has 1 aromatic carbocycles. The zero-order valence-electron chi connectivity index (χ0n) is 11.2. The van der Waals surface area contributed by atoms with Crippen LogP contribution in [0.15, 0.2) is 24.3 Å². The van der Waals surface area contributed by atoms with Crippen LogP contribution in [-0.4, -0.2) is 36.5 Å². The topological polar surface area (TPSA) is 55.6 Å². The summed E-state index contributed by atoms with van der Waals surface area (Å²) in [6.45, 7) is 3.93. The van der Waals surface area contributed by atoms with Crippen molar-refractivity contribution in [2.24, 2.45) is 5.73 Å². The molecule has 0 bridgehead atoms. The molecule has 2 rings (SSSR count). The molecule has 2 N–H and O–H groups in total. The highest BCUT2D eigenvalue weighted by Crippen LogP contribution is 2.20. The van der Waals surface area contributed by atoms with Crippen LogP contribution in [0.1, 0.15) is 30.1 Å². The van der Waals surface area contributed by atoms with Crippen molar-refractivity contribution in [3.63, 3.8) is 0 Å². The highest BCUT2D eigenvalue weighted by Gasteiger charge is 2.28. The quantitative estimate of drug-likeness (QED) is 0.921. The first kappa shape index (κ1) is 15.8. The summed E-state index contributed by atoms with van der Waals surface area (Å²) < 4.78 is 5.36. The van der Waals surface area contributed by atoms with Crippen LogP contribution in [-0.2, 0) is 0 Å². The Morgan fingerprint density at radius 2 is 2.11 bits per heavy atom. The molecule has 4 nitrogen and oxygen atoms in total. The fraction of sp³-hybridized carbons (Fsp3) is 0.500. The Morgan fingerprint density at radius 1 is 1.42 bits per heavy atom. The van der Waals surface area contributed by atoms with Gasteiger partial charge in [0.25, 0.3) is 5.91 Å². The van der Waals surface area contributed by atoms with E-state index in [1.54, 1.807) is 0 Å². The van der Waals surface area contributed by atoms with E-state index in [2.05, 4.69) is 0 Å². The Morgan fingerprint density at radius 3 is 2.68 bits per heavy atom. The summed E-state index contributed by atoms with van der Waals surface area (Å²) in [5, 5.41) is 0. The number of nitrogens with two attached hydrogens (primary N) is 1. The molecule has 0 aliphatic carbocycles. The maximum Gasteiger partial charge on any atom is 0.254 e. The third-order valence-corrected chi connectivity index (χ3v) is 3.32. The molecule has 1 heterocycles. The fourth-order valence-corrected chi connectivity index (χ4v) is 2.37. The standard InChI is InChI=1S/C14H20N2O2.ClH/c1-2-18-13-7-5-11(6-8-13)14(17)16-9-3-4-12(16)10-15;/h5-8,12H,2-4,9-10,15H2,1H3;1H. The molecular weight excluding hydrogens is 264 g/mol. The van der Waals surface area contributed by atoms with E-state index in [-0.39, 0.29) is 24.4 Å². The molecule has 0 aromatic heterocycles. The van der Waals surface area contributed by atoms with Gasteiger partial charge in [-0.3, -0.25) is 4.79 Å². The lowest BCUT2D eigenvalue weighted by Crippen LogP contribution is -2.39. The van der Waals surface area contributed by atoms with Crippen LogP contribution in [0.4, 0.5) is 0 Å². The maximum absolute atomic E-state index is 12.3. The molecule has 19 heavy (non-hydrogen) atoms. The smallest absolute Gasteiger partial charge is 0.254 e. The summed E-state index contributed by atoms with van der Waals surface area (Å²) in [7, 11) is 0. The average molecular weight is 285 g/mol. The molecule has 1 saturated heterocycles. The minimum atomic E-state index is 0. The third-order valence-electron chi connectivity index (χ3n) is 3.32. The molecule has 106 valence electrons. The summed E-state index contributed by atoms with van der Waals surface area (Å²) in [4.78, 5) is 14.2. The normalized spacial score (nSPS) is 18.0. The van der Waals surface area contributed by atoms with E-state index in [1.807, 2.05) is 36.1 Å². The van der Waals surface area contributed by atoms with Gasteiger partial charge in [0.2, 0.25) is 0 Å². The van der Waals surface area contributed by atoms with Gasteiger partial charge < -0.3 is 15.4 Å². The van der Waals surface area contributed by atoms with E-state index >= 15 is 0 Å². The van der Waals surface area contributed by atoms with Gasteiger partial charge >= 0.3 is 0 Å². The molecule has 5 heteroatoms. The number of benzene rings is 1. The van der Waals surface area contributed by atoms with Crippen molar-refractivity contribution in [3.8, 4) is 5.75 Å². The first-order valence-electron chi connectivity index (χ1n) is 6.50. The van der Waals surface area contributed by atoms with Gasteiger partial charge in [0.1, 0.15) is 5.75 Å². The van der Waals surface area contributed by atoms with E-state index < -0.39 is 0 Å². The first-order chi connectivity index (χ1) is 8.76. The van der Waals surface area contributed by atoms with Crippen LogP contribution in [0.3, 0.4) is 0 Å². The van der Waals surface area contributed by atoms with Crippen LogP contribution >= 0.6 is 12.4 Å². The Hall–Kier alpha value is -1.26. The summed E-state index contributed by atoms with van der Waals surface area (Å²) in [6.07, 6.45) is 2.06. The molecule has 1 amide bonds. The van der Waals surface area contributed by atoms with Gasteiger partial charge in [-0.2, -0.15) is 0 Å². The fourth-order valence-electron chi connectivity index (χ4n) is 2.37. The summed E-state index contributed by atoms with van der Waals surface area (Å²) in [5.74, 6) is 0.872. The Balaban J connectivity index is 0.00000180. The highest BCUT2D eigenvalue weighted by atomic mass is 35.5. The lowest BCUT2D eigenvalue weighted by molar-refractivity contribution is 0.0741. The van der Waals surface area contributed by atoms with Crippen molar-refractivity contribution in [2.75, 3.05) is 19.7 Å². The Kier molecular flexibility index (Phi) is 6.12. The van der Waals surface area contributed by atoms with Gasteiger partial charge in [-0.1, -0.05) is 0 Å². The molecule has 1 unspecified atom stereocenters. The van der Waals surface area contributed by atoms with Gasteiger partial charge in [-0.05, 0) is 44.0 Å². The van der Waals surface area contributed by atoms with Crippen molar-refractivity contribution in [1.29, 1.82) is 0 Å². The number of ether oxygens (including phenoxy) is 1. The number of rotatable bonds is 4. The number of amides is 1. The number of nitrogens with zero attached hydrogens (tertiary/aromatic N) is 1. The Labute approximate surface area is 120 Å². The van der Waals surface area contributed by atoms with Gasteiger partial charge in [0.15, 0.2) is 0 Å². The molecule has 1 aromatic rings. The molecule has 1 aliphatic heterocycles. The highest BCUT2D eigenvalue weighted by molar-refractivity contribution is 5.94. The van der Waals surface area contributed by atoms with E-state index in [0.717, 1.165) is 25.1 Å². The van der Waals surface area contributed by atoms with Crippen LogP contribution < -0.4 is 10.5 Å². The lowest BCUT2D eigenvalue weighted by atomic mass is 10.1. The van der Waals surface area contributed by atoms with Crippen LogP contribution in [0.2, 0.25) is 0 Å². The minimum Gasteiger partial charge on any atom is -0.494 e. The number of likely N-dealkylation sites (tertiary alicyclic amines) is 1. The predicted octanol–water partition coefficient (Wildman–Crippen LogP) is 2.07. The largest absolute Gasteiger partial charge is 0.494 e. The van der Waals surface area contributed by atoms with E-state index in [0.29, 0.717) is 18.7 Å². The molecule has 0 radical (unpaired) electrons.